The van der Waals surface area contributed by atoms with Gasteiger partial charge in [-0.15, -0.1) is 0 Å². The zero-order valence-electron chi connectivity index (χ0n) is 8.62. The number of hydrogen-bond acceptors (Lipinski definition) is 4. The van der Waals surface area contributed by atoms with Gasteiger partial charge in [0.2, 0.25) is 0 Å². The molecule has 0 aliphatic rings. The number of hydrogen-bond donors (Lipinski definition) is 3. The van der Waals surface area contributed by atoms with E-state index in [-0.39, 0.29) is 12.1 Å². The molecule has 0 amide bonds. The summed E-state index contributed by atoms with van der Waals surface area (Å²) in [4.78, 5) is 3.98. The van der Waals surface area contributed by atoms with Crippen molar-refractivity contribution >= 4 is 11.5 Å². The third-order valence-electron chi connectivity index (χ3n) is 2.05. The quantitative estimate of drug-likeness (QED) is 0.676. The van der Waals surface area contributed by atoms with Crippen molar-refractivity contribution in [3.05, 3.63) is 18.3 Å². The highest BCUT2D eigenvalue weighted by Crippen LogP contribution is 2.21. The number of aliphatic hydroxyl groups excluding tert-OH is 1. The van der Waals surface area contributed by atoms with Gasteiger partial charge in [-0.3, -0.25) is 0 Å². The normalized spacial score (nSPS) is 11.4. The predicted molar refractivity (Wildman–Crippen MR) is 58.1 cm³/mol. The van der Waals surface area contributed by atoms with Gasteiger partial charge >= 0.3 is 0 Å². The standard InChI is InChI=1S/C10H17N3O/c1-10(2,5-7-14)13-8-4-3-6-12-9(8)11/h3-4,6,13-14H,5,7H2,1-2H3,(H2,11,12). The van der Waals surface area contributed by atoms with Gasteiger partial charge in [0.25, 0.3) is 0 Å². The Balaban J connectivity index is 2.73. The van der Waals surface area contributed by atoms with Crippen LogP contribution in [-0.4, -0.2) is 22.2 Å². The van der Waals surface area contributed by atoms with E-state index in [2.05, 4.69) is 10.3 Å². The molecule has 0 aliphatic heterocycles. The molecule has 14 heavy (non-hydrogen) atoms. The Kier molecular flexibility index (Phi) is 3.30. The smallest absolute Gasteiger partial charge is 0.146 e. The zero-order chi connectivity index (χ0) is 10.6. The average Bonchev–Trinajstić information content (AvgIpc) is 2.08. The molecule has 4 heteroatoms. The first-order valence-electron chi connectivity index (χ1n) is 4.65. The van der Waals surface area contributed by atoms with Crippen LogP contribution in [0.2, 0.25) is 0 Å². The van der Waals surface area contributed by atoms with Gasteiger partial charge in [-0.05, 0) is 32.4 Å². The second-order valence-corrected chi connectivity index (χ2v) is 3.92. The minimum Gasteiger partial charge on any atom is -0.396 e. The lowest BCUT2D eigenvalue weighted by molar-refractivity contribution is 0.261. The van der Waals surface area contributed by atoms with Crippen molar-refractivity contribution in [1.82, 2.24) is 4.98 Å². The number of nitrogens with zero attached hydrogens (tertiary/aromatic N) is 1. The van der Waals surface area contributed by atoms with Gasteiger partial charge in [-0.2, -0.15) is 0 Å². The highest BCUT2D eigenvalue weighted by atomic mass is 16.3. The molecule has 0 saturated carbocycles. The summed E-state index contributed by atoms with van der Waals surface area (Å²) in [6, 6.07) is 3.70. The van der Waals surface area contributed by atoms with E-state index >= 15 is 0 Å². The van der Waals surface area contributed by atoms with E-state index in [0.717, 1.165) is 5.69 Å². The largest absolute Gasteiger partial charge is 0.396 e. The van der Waals surface area contributed by atoms with Gasteiger partial charge < -0.3 is 16.2 Å². The Morgan fingerprint density at radius 2 is 2.29 bits per heavy atom. The van der Waals surface area contributed by atoms with Crippen LogP contribution in [0.1, 0.15) is 20.3 Å². The molecule has 1 aromatic heterocycles. The van der Waals surface area contributed by atoms with E-state index in [1.54, 1.807) is 6.20 Å². The van der Waals surface area contributed by atoms with Gasteiger partial charge in [0, 0.05) is 18.3 Å². The van der Waals surface area contributed by atoms with Crippen LogP contribution in [0.5, 0.6) is 0 Å². The molecule has 0 bridgehead atoms. The van der Waals surface area contributed by atoms with Gasteiger partial charge in [0.1, 0.15) is 5.82 Å². The topological polar surface area (TPSA) is 71.2 Å². The number of aromatic nitrogens is 1. The number of anilines is 2. The summed E-state index contributed by atoms with van der Waals surface area (Å²) in [6.07, 6.45) is 2.32. The summed E-state index contributed by atoms with van der Waals surface area (Å²) in [6.45, 7) is 4.17. The van der Waals surface area contributed by atoms with Crippen LogP contribution in [0.25, 0.3) is 0 Å². The Bertz CT molecular complexity index is 299. The number of rotatable bonds is 4. The second kappa shape index (κ2) is 4.28. The number of pyridine rings is 1. The average molecular weight is 195 g/mol. The van der Waals surface area contributed by atoms with Crippen molar-refractivity contribution in [3.8, 4) is 0 Å². The third-order valence-corrected chi connectivity index (χ3v) is 2.05. The number of nitrogens with one attached hydrogen (secondary N) is 1. The van der Waals surface area contributed by atoms with Gasteiger partial charge in [0.15, 0.2) is 0 Å². The summed E-state index contributed by atoms with van der Waals surface area (Å²) in [5.41, 5.74) is 6.32. The first-order valence-corrected chi connectivity index (χ1v) is 4.65. The predicted octanol–water partition coefficient (Wildman–Crippen LogP) is 1.24. The minimum atomic E-state index is -0.175. The number of nitrogens with two attached hydrogens (primary N) is 1. The lowest BCUT2D eigenvalue weighted by atomic mass is 10.0. The fourth-order valence-electron chi connectivity index (χ4n) is 1.23. The van der Waals surface area contributed by atoms with Crippen molar-refractivity contribution in [1.29, 1.82) is 0 Å². The molecular formula is C10H17N3O. The van der Waals surface area contributed by atoms with Crippen LogP contribution in [0.3, 0.4) is 0 Å². The third kappa shape index (κ3) is 2.88. The Hall–Kier alpha value is -1.29. The van der Waals surface area contributed by atoms with Crippen LogP contribution in [0.4, 0.5) is 11.5 Å². The fourth-order valence-corrected chi connectivity index (χ4v) is 1.23. The first kappa shape index (κ1) is 10.8. The molecule has 1 rings (SSSR count). The second-order valence-electron chi connectivity index (χ2n) is 3.92. The Morgan fingerprint density at radius 3 is 2.86 bits per heavy atom. The van der Waals surface area contributed by atoms with E-state index in [4.69, 9.17) is 10.8 Å². The lowest BCUT2D eigenvalue weighted by Crippen LogP contribution is -2.32. The lowest BCUT2D eigenvalue weighted by Gasteiger charge is -2.27. The highest BCUT2D eigenvalue weighted by molar-refractivity contribution is 5.61. The SMILES string of the molecule is CC(C)(CCO)Nc1cccnc1N. The van der Waals surface area contributed by atoms with Crippen LogP contribution in [0.15, 0.2) is 18.3 Å². The van der Waals surface area contributed by atoms with E-state index in [9.17, 15) is 0 Å². The fraction of sp³-hybridized carbons (Fsp3) is 0.500. The van der Waals surface area contributed by atoms with Crippen molar-refractivity contribution in [3.63, 3.8) is 0 Å². The Morgan fingerprint density at radius 1 is 1.57 bits per heavy atom. The van der Waals surface area contributed by atoms with E-state index in [0.29, 0.717) is 12.2 Å². The molecule has 0 aromatic carbocycles. The molecule has 4 N–H and O–H groups in total. The van der Waals surface area contributed by atoms with E-state index in [1.165, 1.54) is 0 Å². The maximum atomic E-state index is 8.86. The molecule has 0 unspecified atom stereocenters. The molecule has 78 valence electrons. The Labute approximate surface area is 84.2 Å². The summed E-state index contributed by atoms with van der Waals surface area (Å²) in [7, 11) is 0. The molecule has 0 saturated heterocycles. The molecule has 1 heterocycles. The maximum Gasteiger partial charge on any atom is 0.146 e. The van der Waals surface area contributed by atoms with Gasteiger partial charge in [-0.1, -0.05) is 0 Å². The molecule has 0 radical (unpaired) electrons. The van der Waals surface area contributed by atoms with E-state index < -0.39 is 0 Å². The molecule has 0 fully saturated rings. The number of nitrogen functional groups attached to an aromatic ring is 1. The highest BCUT2D eigenvalue weighted by Gasteiger charge is 2.17. The molecule has 0 aliphatic carbocycles. The molecule has 1 aromatic rings. The first-order chi connectivity index (χ1) is 6.55. The van der Waals surface area contributed by atoms with Crippen LogP contribution in [0, 0.1) is 0 Å². The summed E-state index contributed by atoms with van der Waals surface area (Å²) < 4.78 is 0. The van der Waals surface area contributed by atoms with Crippen LogP contribution >= 0.6 is 0 Å². The monoisotopic (exact) mass is 195 g/mol. The van der Waals surface area contributed by atoms with E-state index in [1.807, 2.05) is 26.0 Å². The van der Waals surface area contributed by atoms with Crippen molar-refractivity contribution in [2.75, 3.05) is 17.7 Å². The molecule has 4 nitrogen and oxygen atoms in total. The van der Waals surface area contributed by atoms with Crippen LogP contribution < -0.4 is 11.1 Å². The summed E-state index contributed by atoms with van der Waals surface area (Å²) in [5.74, 6) is 0.485. The van der Waals surface area contributed by atoms with Gasteiger partial charge in [-0.25, -0.2) is 4.98 Å². The number of aliphatic hydroxyl groups is 1. The summed E-state index contributed by atoms with van der Waals surface area (Å²) in [5, 5.41) is 12.1. The summed E-state index contributed by atoms with van der Waals surface area (Å²) >= 11 is 0. The maximum absolute atomic E-state index is 8.86. The van der Waals surface area contributed by atoms with Crippen LogP contribution in [-0.2, 0) is 0 Å². The van der Waals surface area contributed by atoms with Crippen molar-refractivity contribution in [2.45, 2.75) is 25.8 Å². The molecular weight excluding hydrogens is 178 g/mol. The van der Waals surface area contributed by atoms with Gasteiger partial charge in [0.05, 0.1) is 5.69 Å². The minimum absolute atomic E-state index is 0.153. The zero-order valence-corrected chi connectivity index (χ0v) is 8.62. The molecule has 0 atom stereocenters. The van der Waals surface area contributed by atoms with Crippen molar-refractivity contribution < 1.29 is 5.11 Å². The van der Waals surface area contributed by atoms with Crippen molar-refractivity contribution in [2.24, 2.45) is 0 Å². The molecule has 0 spiro atoms.